The van der Waals surface area contributed by atoms with Crippen LogP contribution in [0, 0.1) is 12.7 Å². The highest BCUT2D eigenvalue weighted by molar-refractivity contribution is 7.89. The molecule has 20 heavy (non-hydrogen) atoms. The third-order valence-corrected chi connectivity index (χ3v) is 4.04. The Balaban J connectivity index is 2.14. The summed E-state index contributed by atoms with van der Waals surface area (Å²) in [6.45, 7) is 1.47. The number of aromatic nitrogens is 2. The van der Waals surface area contributed by atoms with Crippen molar-refractivity contribution in [1.82, 2.24) is 14.9 Å². The first kappa shape index (κ1) is 14.4. The van der Waals surface area contributed by atoms with Gasteiger partial charge in [0.2, 0.25) is 16.4 Å². The Hall–Kier alpha value is -2.00. The summed E-state index contributed by atoms with van der Waals surface area (Å²) in [6.07, 6.45) is 1.38. The molecule has 0 amide bonds. The van der Waals surface area contributed by atoms with Gasteiger partial charge in [-0.05, 0) is 24.6 Å². The molecule has 0 spiro atoms. The molecule has 0 atom stereocenters. The number of nitrogens with one attached hydrogen (secondary N) is 1. The molecule has 0 unspecified atom stereocenters. The Morgan fingerprint density at radius 2 is 2.20 bits per heavy atom. The number of hydrogen-bond donors (Lipinski definition) is 2. The minimum atomic E-state index is -3.98. The fourth-order valence-electron chi connectivity index (χ4n) is 1.64. The van der Waals surface area contributed by atoms with Crippen LogP contribution in [0.3, 0.4) is 0 Å². The number of hydrogen-bond acceptors (Lipinski definition) is 6. The van der Waals surface area contributed by atoms with E-state index in [0.717, 1.165) is 12.5 Å². The van der Waals surface area contributed by atoms with Crippen LogP contribution in [0.1, 0.15) is 11.4 Å². The van der Waals surface area contributed by atoms with Crippen molar-refractivity contribution in [3.05, 3.63) is 35.7 Å². The lowest BCUT2D eigenvalue weighted by Gasteiger charge is -2.09. The first-order chi connectivity index (χ1) is 9.40. The van der Waals surface area contributed by atoms with Gasteiger partial charge >= 0.3 is 0 Å². The first-order valence-electron chi connectivity index (χ1n) is 5.70. The molecule has 3 N–H and O–H groups in total. The molecule has 2 rings (SSSR count). The molecule has 1 aromatic carbocycles. The summed E-state index contributed by atoms with van der Waals surface area (Å²) in [4.78, 5) is 3.28. The molecule has 0 aliphatic rings. The topological polar surface area (TPSA) is 111 Å². The van der Waals surface area contributed by atoms with Crippen molar-refractivity contribution < 1.29 is 17.3 Å². The smallest absolute Gasteiger partial charge is 0.243 e. The van der Waals surface area contributed by atoms with Crippen LogP contribution < -0.4 is 10.5 Å². The molecule has 9 heteroatoms. The van der Waals surface area contributed by atoms with Gasteiger partial charge in [0.05, 0.1) is 0 Å². The zero-order chi connectivity index (χ0) is 14.8. The molecule has 0 fully saturated rings. The molecular weight excluding hydrogens is 287 g/mol. The van der Waals surface area contributed by atoms with E-state index in [2.05, 4.69) is 19.4 Å². The number of nitrogens with zero attached hydrogens (tertiary/aromatic N) is 2. The Labute approximate surface area is 115 Å². The second kappa shape index (κ2) is 5.55. The Bertz CT molecular complexity index is 701. The number of benzene rings is 1. The Kier molecular flexibility index (Phi) is 4.00. The van der Waals surface area contributed by atoms with Gasteiger partial charge in [-0.3, -0.25) is 0 Å². The van der Waals surface area contributed by atoms with Crippen LogP contribution in [-0.4, -0.2) is 25.1 Å². The van der Waals surface area contributed by atoms with Crippen molar-refractivity contribution in [3.63, 3.8) is 0 Å². The van der Waals surface area contributed by atoms with Gasteiger partial charge in [-0.2, -0.15) is 4.98 Å². The number of anilines is 1. The molecule has 0 aliphatic carbocycles. The van der Waals surface area contributed by atoms with E-state index >= 15 is 0 Å². The van der Waals surface area contributed by atoms with Gasteiger partial charge in [-0.1, -0.05) is 5.16 Å². The second-order valence-electron chi connectivity index (χ2n) is 4.15. The van der Waals surface area contributed by atoms with Crippen LogP contribution in [0.2, 0.25) is 0 Å². The average Bonchev–Trinajstić information content (AvgIpc) is 2.86. The maximum atomic E-state index is 13.9. The van der Waals surface area contributed by atoms with Crippen LogP contribution in [-0.2, 0) is 16.4 Å². The molecule has 0 bridgehead atoms. The molecule has 1 heterocycles. The molecule has 108 valence electrons. The molecule has 0 saturated heterocycles. The highest BCUT2D eigenvalue weighted by Gasteiger charge is 2.20. The van der Waals surface area contributed by atoms with Crippen LogP contribution in [0.4, 0.5) is 10.1 Å². The average molecular weight is 300 g/mol. The number of aryl methyl sites for hydroxylation is 1. The van der Waals surface area contributed by atoms with Crippen molar-refractivity contribution in [2.45, 2.75) is 18.2 Å². The van der Waals surface area contributed by atoms with Crippen molar-refractivity contribution >= 4 is 15.7 Å². The van der Waals surface area contributed by atoms with Gasteiger partial charge in [-0.15, -0.1) is 0 Å². The largest absolute Gasteiger partial charge is 0.399 e. The second-order valence-corrected chi connectivity index (χ2v) is 5.88. The first-order valence-corrected chi connectivity index (χ1v) is 7.19. The molecule has 7 nitrogen and oxygen atoms in total. The maximum absolute atomic E-state index is 13.9. The zero-order valence-corrected chi connectivity index (χ0v) is 11.4. The van der Waals surface area contributed by atoms with Crippen molar-refractivity contribution in [1.29, 1.82) is 0 Å². The third-order valence-electron chi connectivity index (χ3n) is 2.58. The van der Waals surface area contributed by atoms with Gasteiger partial charge < -0.3 is 10.3 Å². The van der Waals surface area contributed by atoms with Crippen LogP contribution in [0.5, 0.6) is 0 Å². The summed E-state index contributed by atoms with van der Waals surface area (Å²) in [6, 6.07) is 2.45. The van der Waals surface area contributed by atoms with Gasteiger partial charge in [0.25, 0.3) is 0 Å². The summed E-state index contributed by atoms with van der Waals surface area (Å²) < 4.78 is 44.7. The monoisotopic (exact) mass is 300 g/mol. The lowest BCUT2D eigenvalue weighted by molar-refractivity contribution is 0.409. The van der Waals surface area contributed by atoms with Crippen LogP contribution >= 0.6 is 0 Å². The molecule has 0 saturated carbocycles. The van der Waals surface area contributed by atoms with Crippen LogP contribution in [0.25, 0.3) is 0 Å². The fraction of sp³-hybridized carbons (Fsp3) is 0.273. The highest BCUT2D eigenvalue weighted by atomic mass is 32.2. The predicted molar refractivity (Wildman–Crippen MR) is 68.7 cm³/mol. The summed E-state index contributed by atoms with van der Waals surface area (Å²) in [5.74, 6) is -0.455. The minimum absolute atomic E-state index is 0.0230. The normalized spacial score (nSPS) is 11.7. The van der Waals surface area contributed by atoms with Crippen molar-refractivity contribution in [2.75, 3.05) is 12.3 Å². The SMILES string of the molecule is Cc1cc(N)cc(S(=O)(=O)NCCc2ncon2)c1F. The Morgan fingerprint density at radius 1 is 1.45 bits per heavy atom. The summed E-state index contributed by atoms with van der Waals surface area (Å²) in [5.41, 5.74) is 5.89. The van der Waals surface area contributed by atoms with E-state index < -0.39 is 20.7 Å². The summed E-state index contributed by atoms with van der Waals surface area (Å²) in [5, 5.41) is 3.54. The van der Waals surface area contributed by atoms with Gasteiger partial charge in [0.15, 0.2) is 5.82 Å². The molecule has 2 aromatic rings. The quantitative estimate of drug-likeness (QED) is 0.783. The number of nitrogens with two attached hydrogens (primary N) is 1. The molecule has 0 aliphatic heterocycles. The lowest BCUT2D eigenvalue weighted by atomic mass is 10.2. The van der Waals surface area contributed by atoms with E-state index in [4.69, 9.17) is 5.73 Å². The standard InChI is InChI=1S/C11H13FN4O3S/c1-7-4-8(13)5-9(11(7)12)20(17,18)15-3-2-10-14-6-19-16-10/h4-6,15H,2-3,13H2,1H3. The summed E-state index contributed by atoms with van der Waals surface area (Å²) >= 11 is 0. The van der Waals surface area contributed by atoms with E-state index in [1.807, 2.05) is 0 Å². The number of sulfonamides is 1. The molecule has 0 radical (unpaired) electrons. The summed E-state index contributed by atoms with van der Waals surface area (Å²) in [7, 11) is -3.98. The van der Waals surface area contributed by atoms with Crippen molar-refractivity contribution in [2.24, 2.45) is 0 Å². The van der Waals surface area contributed by atoms with Gasteiger partial charge in [0, 0.05) is 18.7 Å². The number of nitrogen functional groups attached to an aromatic ring is 1. The molecule has 1 aromatic heterocycles. The van der Waals surface area contributed by atoms with Gasteiger partial charge in [0.1, 0.15) is 10.7 Å². The van der Waals surface area contributed by atoms with Crippen LogP contribution in [0.15, 0.2) is 27.9 Å². The zero-order valence-electron chi connectivity index (χ0n) is 10.6. The fourth-order valence-corrected chi connectivity index (χ4v) is 2.85. The van der Waals surface area contributed by atoms with E-state index in [1.165, 1.54) is 13.0 Å². The minimum Gasteiger partial charge on any atom is -0.399 e. The number of rotatable bonds is 5. The predicted octanol–water partition coefficient (Wildman–Crippen LogP) is 0.620. The maximum Gasteiger partial charge on any atom is 0.243 e. The van der Waals surface area contributed by atoms with Gasteiger partial charge in [-0.25, -0.2) is 17.5 Å². The third kappa shape index (κ3) is 3.11. The van der Waals surface area contributed by atoms with E-state index in [1.54, 1.807) is 0 Å². The number of halogens is 1. The van der Waals surface area contributed by atoms with E-state index in [9.17, 15) is 12.8 Å². The highest BCUT2D eigenvalue weighted by Crippen LogP contribution is 2.21. The van der Waals surface area contributed by atoms with E-state index in [0.29, 0.717) is 5.82 Å². The van der Waals surface area contributed by atoms with Crippen molar-refractivity contribution in [3.8, 4) is 0 Å². The Morgan fingerprint density at radius 3 is 2.85 bits per heavy atom. The lowest BCUT2D eigenvalue weighted by Crippen LogP contribution is -2.27. The molecular formula is C11H13FN4O3S. The van der Waals surface area contributed by atoms with E-state index in [-0.39, 0.29) is 24.2 Å².